The van der Waals surface area contributed by atoms with Gasteiger partial charge in [-0.2, -0.15) is 0 Å². The van der Waals surface area contributed by atoms with E-state index in [0.29, 0.717) is 0 Å². The van der Waals surface area contributed by atoms with E-state index in [4.69, 9.17) is 4.74 Å². The van der Waals surface area contributed by atoms with Gasteiger partial charge in [0.2, 0.25) is 0 Å². The van der Waals surface area contributed by atoms with Crippen molar-refractivity contribution in [3.63, 3.8) is 0 Å². The molecule has 0 atom stereocenters. The second kappa shape index (κ2) is 5.80. The zero-order chi connectivity index (χ0) is 12.3. The van der Waals surface area contributed by atoms with E-state index in [1.165, 1.54) is 14.2 Å². The number of hydrogen-bond acceptors (Lipinski definition) is 4. The van der Waals surface area contributed by atoms with E-state index in [1.54, 1.807) is 11.3 Å². The van der Waals surface area contributed by atoms with E-state index in [0.717, 1.165) is 32.6 Å². The first kappa shape index (κ1) is 13.5. The van der Waals surface area contributed by atoms with Crippen molar-refractivity contribution >= 4 is 27.3 Å². The summed E-state index contributed by atoms with van der Waals surface area (Å²) >= 11 is 5.29. The molecule has 0 amide bonds. The van der Waals surface area contributed by atoms with Crippen LogP contribution in [-0.2, 0) is 11.3 Å². The molecule has 0 aromatic carbocycles. The molecule has 0 saturated carbocycles. The molecule has 2 rings (SSSR count). The van der Waals surface area contributed by atoms with Gasteiger partial charge < -0.3 is 15.2 Å². The second-order valence-electron chi connectivity index (χ2n) is 4.57. The second-order valence-corrected chi connectivity index (χ2v) is 7.03. The van der Waals surface area contributed by atoms with Gasteiger partial charge in [-0.1, -0.05) is 0 Å². The molecule has 0 unspecified atom stereocenters. The van der Waals surface area contributed by atoms with Crippen molar-refractivity contribution in [2.24, 2.45) is 0 Å². The quantitative estimate of drug-likeness (QED) is 0.895. The number of hydrogen-bond donors (Lipinski definition) is 2. The number of aliphatic hydroxyl groups excluding tert-OH is 1. The Hall–Kier alpha value is 0.0600. The van der Waals surface area contributed by atoms with Crippen LogP contribution >= 0.6 is 27.3 Å². The topological polar surface area (TPSA) is 41.5 Å². The van der Waals surface area contributed by atoms with Crippen LogP contribution in [0.5, 0.6) is 0 Å². The number of nitrogens with one attached hydrogen (secondary N) is 1. The first-order chi connectivity index (χ1) is 8.15. The highest BCUT2D eigenvalue weighted by Crippen LogP contribution is 2.28. The fourth-order valence-electron chi connectivity index (χ4n) is 2.04. The zero-order valence-electron chi connectivity index (χ0n) is 9.96. The maximum atomic E-state index is 9.56. The van der Waals surface area contributed by atoms with Crippen molar-refractivity contribution in [3.8, 4) is 0 Å². The van der Waals surface area contributed by atoms with Crippen LogP contribution in [0.1, 0.15) is 23.3 Å². The van der Waals surface area contributed by atoms with E-state index in [2.05, 4.69) is 34.2 Å². The van der Waals surface area contributed by atoms with Crippen LogP contribution in [0, 0.1) is 6.92 Å². The van der Waals surface area contributed by atoms with Gasteiger partial charge in [-0.05, 0) is 47.3 Å². The lowest BCUT2D eigenvalue weighted by Crippen LogP contribution is -2.51. The number of halogens is 1. The van der Waals surface area contributed by atoms with Crippen LogP contribution < -0.4 is 5.32 Å². The molecule has 1 aliphatic heterocycles. The molecule has 1 fully saturated rings. The number of thiophene rings is 1. The fourth-order valence-corrected chi connectivity index (χ4v) is 3.61. The van der Waals surface area contributed by atoms with Gasteiger partial charge in [0.15, 0.2) is 0 Å². The average Bonchev–Trinajstić information content (AvgIpc) is 2.68. The minimum absolute atomic E-state index is 0.150. The smallest absolute Gasteiger partial charge is 0.0730 e. The van der Waals surface area contributed by atoms with Crippen molar-refractivity contribution < 1.29 is 9.84 Å². The Morgan fingerprint density at radius 3 is 2.76 bits per heavy atom. The molecule has 0 radical (unpaired) electrons. The molecule has 17 heavy (non-hydrogen) atoms. The van der Waals surface area contributed by atoms with Crippen LogP contribution in [0.3, 0.4) is 0 Å². The Labute approximate surface area is 114 Å². The van der Waals surface area contributed by atoms with Gasteiger partial charge in [-0.25, -0.2) is 0 Å². The molecule has 2 N–H and O–H groups in total. The van der Waals surface area contributed by atoms with Gasteiger partial charge in [-0.3, -0.25) is 0 Å². The normalized spacial score (nSPS) is 19.5. The highest BCUT2D eigenvalue weighted by molar-refractivity contribution is 9.11. The van der Waals surface area contributed by atoms with Crippen LogP contribution in [0.2, 0.25) is 0 Å². The third-order valence-corrected chi connectivity index (χ3v) is 5.44. The molecule has 2 heterocycles. The predicted octanol–water partition coefficient (Wildman–Crippen LogP) is 2.45. The SMILES string of the molecule is Cc1cc(CNC2(CO)CCOCC2)sc1Br. The zero-order valence-corrected chi connectivity index (χ0v) is 12.4. The molecule has 1 aliphatic rings. The van der Waals surface area contributed by atoms with Crippen molar-refractivity contribution in [3.05, 3.63) is 20.3 Å². The Balaban J connectivity index is 1.95. The highest BCUT2D eigenvalue weighted by Gasteiger charge is 2.31. The summed E-state index contributed by atoms with van der Waals surface area (Å²) < 4.78 is 6.54. The molecular weight excluding hydrogens is 302 g/mol. The lowest BCUT2D eigenvalue weighted by Gasteiger charge is -2.36. The van der Waals surface area contributed by atoms with Crippen LogP contribution in [0.15, 0.2) is 9.85 Å². The molecule has 1 saturated heterocycles. The highest BCUT2D eigenvalue weighted by atomic mass is 79.9. The van der Waals surface area contributed by atoms with Crippen molar-refractivity contribution in [1.29, 1.82) is 0 Å². The monoisotopic (exact) mass is 319 g/mol. The standard InChI is InChI=1S/C12H18BrNO2S/c1-9-6-10(17-11(9)13)7-14-12(8-15)2-4-16-5-3-12/h6,14-15H,2-5,7-8H2,1H3. The summed E-state index contributed by atoms with van der Waals surface area (Å²) in [6.45, 7) is 4.57. The van der Waals surface area contributed by atoms with Crippen molar-refractivity contribution in [2.45, 2.75) is 31.8 Å². The van der Waals surface area contributed by atoms with Crippen LogP contribution in [0.25, 0.3) is 0 Å². The lowest BCUT2D eigenvalue weighted by molar-refractivity contribution is 0.0113. The van der Waals surface area contributed by atoms with E-state index in [1.807, 2.05) is 0 Å². The molecule has 1 aromatic heterocycles. The number of rotatable bonds is 4. The van der Waals surface area contributed by atoms with Gasteiger partial charge in [0.05, 0.1) is 10.4 Å². The van der Waals surface area contributed by atoms with Crippen LogP contribution in [-0.4, -0.2) is 30.5 Å². The molecular formula is C12H18BrNO2S. The van der Waals surface area contributed by atoms with Gasteiger partial charge >= 0.3 is 0 Å². The predicted molar refractivity (Wildman–Crippen MR) is 73.5 cm³/mol. The van der Waals surface area contributed by atoms with E-state index in [9.17, 15) is 5.11 Å². The minimum atomic E-state index is -0.150. The van der Waals surface area contributed by atoms with Gasteiger partial charge in [-0.15, -0.1) is 11.3 Å². The summed E-state index contributed by atoms with van der Waals surface area (Å²) in [6, 6.07) is 2.19. The molecule has 0 aliphatic carbocycles. The van der Waals surface area contributed by atoms with E-state index < -0.39 is 0 Å². The molecule has 1 aromatic rings. The third-order valence-electron chi connectivity index (χ3n) is 3.30. The maximum Gasteiger partial charge on any atom is 0.0730 e. The van der Waals surface area contributed by atoms with E-state index >= 15 is 0 Å². The Morgan fingerprint density at radius 2 is 2.24 bits per heavy atom. The van der Waals surface area contributed by atoms with Gasteiger partial charge in [0.25, 0.3) is 0 Å². The summed E-state index contributed by atoms with van der Waals surface area (Å²) in [5.74, 6) is 0. The summed E-state index contributed by atoms with van der Waals surface area (Å²) in [5, 5.41) is 13.1. The summed E-state index contributed by atoms with van der Waals surface area (Å²) in [7, 11) is 0. The lowest BCUT2D eigenvalue weighted by atomic mass is 9.91. The minimum Gasteiger partial charge on any atom is -0.394 e. The summed E-state index contributed by atoms with van der Waals surface area (Å²) in [6.07, 6.45) is 1.77. The largest absolute Gasteiger partial charge is 0.394 e. The Morgan fingerprint density at radius 1 is 1.53 bits per heavy atom. The first-order valence-electron chi connectivity index (χ1n) is 5.84. The Kier molecular flexibility index (Phi) is 4.60. The number of aliphatic hydroxyl groups is 1. The van der Waals surface area contributed by atoms with Crippen LogP contribution in [0.4, 0.5) is 0 Å². The van der Waals surface area contributed by atoms with Gasteiger partial charge in [0, 0.05) is 30.2 Å². The Bertz CT molecular complexity index is 355. The third kappa shape index (κ3) is 3.29. The van der Waals surface area contributed by atoms with Crippen molar-refractivity contribution in [1.82, 2.24) is 5.32 Å². The molecule has 3 nitrogen and oxygen atoms in total. The van der Waals surface area contributed by atoms with Gasteiger partial charge in [0.1, 0.15) is 0 Å². The summed E-state index contributed by atoms with van der Waals surface area (Å²) in [4.78, 5) is 1.30. The average molecular weight is 320 g/mol. The van der Waals surface area contributed by atoms with E-state index in [-0.39, 0.29) is 12.1 Å². The number of ether oxygens (including phenoxy) is 1. The molecule has 0 bridgehead atoms. The first-order valence-corrected chi connectivity index (χ1v) is 7.45. The molecule has 5 heteroatoms. The molecule has 0 spiro atoms. The summed E-state index contributed by atoms with van der Waals surface area (Å²) in [5.41, 5.74) is 1.12. The number of aryl methyl sites for hydroxylation is 1. The fraction of sp³-hybridized carbons (Fsp3) is 0.667. The maximum absolute atomic E-state index is 9.56. The molecule has 96 valence electrons. The van der Waals surface area contributed by atoms with Crippen molar-refractivity contribution in [2.75, 3.05) is 19.8 Å².